The van der Waals surface area contributed by atoms with E-state index in [2.05, 4.69) is 32.2 Å². The smallest absolute Gasteiger partial charge is 0.0591 e. The third-order valence-corrected chi connectivity index (χ3v) is 3.44. The van der Waals surface area contributed by atoms with Crippen LogP contribution in [-0.4, -0.2) is 19.8 Å². The molecule has 0 saturated heterocycles. The lowest BCUT2D eigenvalue weighted by Crippen LogP contribution is -2.18. The van der Waals surface area contributed by atoms with Crippen molar-refractivity contribution in [2.45, 2.75) is 33.7 Å². The molecule has 1 aromatic rings. The second-order valence-electron chi connectivity index (χ2n) is 3.74. The molecule has 0 unspecified atom stereocenters. The first-order valence-electron chi connectivity index (χ1n) is 5.58. The van der Waals surface area contributed by atoms with Crippen molar-refractivity contribution in [1.82, 2.24) is 5.32 Å². The third kappa shape index (κ3) is 4.78. The molecule has 0 fully saturated rings. The van der Waals surface area contributed by atoms with Gasteiger partial charge >= 0.3 is 0 Å². The van der Waals surface area contributed by atoms with Gasteiger partial charge in [0.15, 0.2) is 0 Å². The van der Waals surface area contributed by atoms with Crippen LogP contribution in [0, 0.1) is 13.8 Å². The van der Waals surface area contributed by atoms with Gasteiger partial charge in [0.25, 0.3) is 0 Å². The van der Waals surface area contributed by atoms with Crippen LogP contribution >= 0.6 is 11.3 Å². The monoisotopic (exact) mass is 227 g/mol. The molecular formula is C12H21NOS. The fourth-order valence-corrected chi connectivity index (χ4v) is 2.36. The molecule has 0 aromatic carbocycles. The van der Waals surface area contributed by atoms with Crippen molar-refractivity contribution in [2.24, 2.45) is 0 Å². The summed E-state index contributed by atoms with van der Waals surface area (Å²) in [5, 5.41) is 3.39. The Kier molecular flexibility index (Phi) is 5.91. The third-order valence-electron chi connectivity index (χ3n) is 2.29. The lowest BCUT2D eigenvalue weighted by atomic mass is 10.3. The molecule has 86 valence electrons. The fourth-order valence-electron chi connectivity index (χ4n) is 1.34. The van der Waals surface area contributed by atoms with Crippen LogP contribution in [0.25, 0.3) is 0 Å². The lowest BCUT2D eigenvalue weighted by molar-refractivity contribution is 0.136. The van der Waals surface area contributed by atoms with E-state index in [0.29, 0.717) is 0 Å². The summed E-state index contributed by atoms with van der Waals surface area (Å²) in [6.45, 7) is 10.1. The van der Waals surface area contributed by atoms with E-state index in [1.54, 1.807) is 0 Å². The zero-order chi connectivity index (χ0) is 11.1. The Balaban J connectivity index is 2.10. The van der Waals surface area contributed by atoms with Crippen LogP contribution in [0.4, 0.5) is 0 Å². The highest BCUT2D eigenvalue weighted by molar-refractivity contribution is 7.12. The van der Waals surface area contributed by atoms with E-state index < -0.39 is 0 Å². The average Bonchev–Trinajstić information content (AvgIpc) is 2.52. The number of ether oxygens (including phenoxy) is 1. The zero-order valence-electron chi connectivity index (χ0n) is 9.93. The summed E-state index contributed by atoms with van der Waals surface area (Å²) < 4.78 is 5.39. The summed E-state index contributed by atoms with van der Waals surface area (Å²) in [6, 6.07) is 2.26. The molecule has 0 bridgehead atoms. The number of rotatable bonds is 7. The molecule has 0 spiro atoms. The summed E-state index contributed by atoms with van der Waals surface area (Å²) in [6.07, 6.45) is 1.10. The molecule has 2 nitrogen and oxygen atoms in total. The Morgan fingerprint density at radius 1 is 1.33 bits per heavy atom. The van der Waals surface area contributed by atoms with Crippen LogP contribution < -0.4 is 5.32 Å². The van der Waals surface area contributed by atoms with E-state index in [-0.39, 0.29) is 0 Å². The maximum atomic E-state index is 5.39. The Bertz CT molecular complexity index is 264. The van der Waals surface area contributed by atoms with Gasteiger partial charge in [0.1, 0.15) is 0 Å². The van der Waals surface area contributed by atoms with E-state index in [9.17, 15) is 0 Å². The minimum Gasteiger partial charge on any atom is -0.380 e. The quantitative estimate of drug-likeness (QED) is 0.723. The van der Waals surface area contributed by atoms with Gasteiger partial charge in [-0.05, 0) is 31.9 Å². The Hall–Kier alpha value is -0.380. The second kappa shape index (κ2) is 6.99. The molecule has 0 atom stereocenters. The van der Waals surface area contributed by atoms with E-state index in [1.165, 1.54) is 15.3 Å². The summed E-state index contributed by atoms with van der Waals surface area (Å²) >= 11 is 1.88. The number of aryl methyl sites for hydroxylation is 2. The number of thiophene rings is 1. The molecule has 1 N–H and O–H groups in total. The van der Waals surface area contributed by atoms with E-state index in [4.69, 9.17) is 4.74 Å². The standard InChI is InChI=1S/C12H21NOS/c1-4-6-14-7-5-13-9-12-8-10(2)11(3)15-12/h8,13H,4-7,9H2,1-3H3. The molecule has 1 aromatic heterocycles. The van der Waals surface area contributed by atoms with Crippen LogP contribution in [0.2, 0.25) is 0 Å². The van der Waals surface area contributed by atoms with Gasteiger partial charge in [-0.25, -0.2) is 0 Å². The minimum absolute atomic E-state index is 0.817. The summed E-state index contributed by atoms with van der Waals surface area (Å²) in [5.74, 6) is 0. The van der Waals surface area contributed by atoms with Crippen LogP contribution in [0.3, 0.4) is 0 Å². The molecule has 0 saturated carbocycles. The first-order chi connectivity index (χ1) is 7.24. The van der Waals surface area contributed by atoms with Gasteiger partial charge in [0.2, 0.25) is 0 Å². The van der Waals surface area contributed by atoms with Gasteiger partial charge in [0, 0.05) is 29.5 Å². The van der Waals surface area contributed by atoms with Crippen molar-refractivity contribution in [3.63, 3.8) is 0 Å². The van der Waals surface area contributed by atoms with Crippen molar-refractivity contribution in [2.75, 3.05) is 19.8 Å². The zero-order valence-corrected chi connectivity index (χ0v) is 10.7. The van der Waals surface area contributed by atoms with Gasteiger partial charge < -0.3 is 10.1 Å². The average molecular weight is 227 g/mol. The highest BCUT2D eigenvalue weighted by atomic mass is 32.1. The molecule has 3 heteroatoms. The first kappa shape index (κ1) is 12.7. The van der Waals surface area contributed by atoms with Gasteiger partial charge in [-0.15, -0.1) is 11.3 Å². The molecule has 0 aliphatic heterocycles. The Labute approximate surface area is 96.7 Å². The van der Waals surface area contributed by atoms with E-state index in [0.717, 1.165) is 32.7 Å². The summed E-state index contributed by atoms with van der Waals surface area (Å²) in [4.78, 5) is 2.84. The molecule has 1 heterocycles. The Morgan fingerprint density at radius 3 is 2.73 bits per heavy atom. The minimum atomic E-state index is 0.817. The number of hydrogen-bond acceptors (Lipinski definition) is 3. The van der Waals surface area contributed by atoms with Crippen molar-refractivity contribution in [1.29, 1.82) is 0 Å². The van der Waals surface area contributed by atoms with Crippen LogP contribution in [0.15, 0.2) is 6.07 Å². The number of hydrogen-bond donors (Lipinski definition) is 1. The van der Waals surface area contributed by atoms with Gasteiger partial charge in [-0.2, -0.15) is 0 Å². The first-order valence-corrected chi connectivity index (χ1v) is 6.40. The van der Waals surface area contributed by atoms with Crippen LogP contribution in [0.5, 0.6) is 0 Å². The predicted octanol–water partition coefficient (Wildman–Crippen LogP) is 2.88. The predicted molar refractivity (Wildman–Crippen MR) is 66.6 cm³/mol. The normalized spacial score (nSPS) is 10.9. The Morgan fingerprint density at radius 2 is 2.13 bits per heavy atom. The fraction of sp³-hybridized carbons (Fsp3) is 0.667. The molecular weight excluding hydrogens is 206 g/mol. The highest BCUT2D eigenvalue weighted by Crippen LogP contribution is 2.19. The van der Waals surface area contributed by atoms with Crippen molar-refractivity contribution >= 4 is 11.3 Å². The molecule has 0 aliphatic rings. The van der Waals surface area contributed by atoms with Crippen molar-refractivity contribution < 1.29 is 4.74 Å². The summed E-state index contributed by atoms with van der Waals surface area (Å²) in [7, 11) is 0. The second-order valence-corrected chi connectivity index (χ2v) is 5.08. The topological polar surface area (TPSA) is 21.3 Å². The molecule has 15 heavy (non-hydrogen) atoms. The maximum absolute atomic E-state index is 5.39. The van der Waals surface area contributed by atoms with E-state index >= 15 is 0 Å². The van der Waals surface area contributed by atoms with Gasteiger partial charge in [-0.3, -0.25) is 0 Å². The van der Waals surface area contributed by atoms with Crippen LogP contribution in [0.1, 0.15) is 28.7 Å². The van der Waals surface area contributed by atoms with Crippen molar-refractivity contribution in [3.8, 4) is 0 Å². The highest BCUT2D eigenvalue weighted by Gasteiger charge is 2.00. The number of nitrogens with one attached hydrogen (secondary N) is 1. The molecule has 0 aliphatic carbocycles. The van der Waals surface area contributed by atoms with Gasteiger partial charge in [-0.1, -0.05) is 6.92 Å². The molecule has 1 rings (SSSR count). The molecule has 0 amide bonds. The summed E-state index contributed by atoms with van der Waals surface area (Å²) in [5.41, 5.74) is 1.40. The van der Waals surface area contributed by atoms with Crippen LogP contribution in [-0.2, 0) is 11.3 Å². The van der Waals surface area contributed by atoms with Crippen molar-refractivity contribution in [3.05, 3.63) is 21.4 Å². The van der Waals surface area contributed by atoms with Gasteiger partial charge in [0.05, 0.1) is 6.61 Å². The maximum Gasteiger partial charge on any atom is 0.0591 e. The SMILES string of the molecule is CCCOCCNCc1cc(C)c(C)s1. The molecule has 0 radical (unpaired) electrons. The largest absolute Gasteiger partial charge is 0.380 e. The lowest BCUT2D eigenvalue weighted by Gasteiger charge is -2.03. The van der Waals surface area contributed by atoms with E-state index in [1.807, 2.05) is 11.3 Å².